The fourth-order valence-corrected chi connectivity index (χ4v) is 1.21. The molecule has 3 heteroatoms. The van der Waals surface area contributed by atoms with Gasteiger partial charge in [-0.25, -0.2) is 0 Å². The molecule has 1 aromatic rings. The lowest BCUT2D eigenvalue weighted by molar-refractivity contribution is 0.472. The molecule has 0 bridgehead atoms. The first-order valence-electron chi connectivity index (χ1n) is 4.67. The van der Waals surface area contributed by atoms with Crippen molar-refractivity contribution in [1.29, 1.82) is 0 Å². The Hall–Kier alpha value is -0.830. The Bertz CT molecular complexity index is 261. The van der Waals surface area contributed by atoms with Crippen molar-refractivity contribution in [2.45, 2.75) is 39.2 Å². The van der Waals surface area contributed by atoms with E-state index in [2.05, 4.69) is 18.1 Å². The molecule has 0 aliphatic rings. The Morgan fingerprint density at radius 2 is 2.15 bits per heavy atom. The van der Waals surface area contributed by atoms with Gasteiger partial charge in [-0.2, -0.15) is 5.10 Å². The number of rotatable bonds is 3. The average molecular weight is 181 g/mol. The van der Waals surface area contributed by atoms with Gasteiger partial charge in [0.2, 0.25) is 0 Å². The summed E-state index contributed by atoms with van der Waals surface area (Å²) < 4.78 is 1.90. The first-order valence-corrected chi connectivity index (χ1v) is 4.67. The second-order valence-corrected chi connectivity index (χ2v) is 4.39. The van der Waals surface area contributed by atoms with Crippen molar-refractivity contribution in [2.75, 3.05) is 0 Å². The number of nitrogens with zero attached hydrogens (tertiary/aromatic N) is 2. The Kier molecular flexibility index (Phi) is 2.76. The van der Waals surface area contributed by atoms with Crippen LogP contribution in [0.4, 0.5) is 0 Å². The maximum absolute atomic E-state index is 5.89. The molecule has 0 aliphatic heterocycles. The highest BCUT2D eigenvalue weighted by molar-refractivity contribution is 5.08. The van der Waals surface area contributed by atoms with E-state index in [0.717, 1.165) is 18.5 Å². The normalized spacial score (nSPS) is 12.1. The molecule has 0 fully saturated rings. The smallest absolute Gasteiger partial charge is 0.0628 e. The van der Waals surface area contributed by atoms with Crippen LogP contribution in [0.2, 0.25) is 0 Å². The fourth-order valence-electron chi connectivity index (χ4n) is 1.21. The largest absolute Gasteiger partial charge is 0.326 e. The zero-order valence-corrected chi connectivity index (χ0v) is 8.96. The molecule has 0 saturated heterocycles. The second kappa shape index (κ2) is 3.50. The maximum Gasteiger partial charge on any atom is 0.0628 e. The summed E-state index contributed by atoms with van der Waals surface area (Å²) in [5.74, 6) is 0. The molecule has 0 spiro atoms. The fraction of sp³-hybridized carbons (Fsp3) is 0.700. The minimum Gasteiger partial charge on any atom is -0.326 e. The van der Waals surface area contributed by atoms with Gasteiger partial charge in [-0.05, 0) is 39.7 Å². The number of nitrogens with two attached hydrogens (primary N) is 1. The van der Waals surface area contributed by atoms with Crippen LogP contribution >= 0.6 is 0 Å². The first-order chi connectivity index (χ1) is 5.88. The van der Waals surface area contributed by atoms with E-state index in [-0.39, 0.29) is 5.54 Å². The van der Waals surface area contributed by atoms with Gasteiger partial charge in [-0.3, -0.25) is 4.68 Å². The van der Waals surface area contributed by atoms with E-state index in [9.17, 15) is 0 Å². The standard InChI is InChI=1S/C10H19N3/c1-8-7-9(12-13(8)4)5-6-10(2,3)11/h7H,5-6,11H2,1-4H3. The minimum absolute atomic E-state index is 0.0918. The minimum atomic E-state index is -0.0918. The van der Waals surface area contributed by atoms with Gasteiger partial charge in [0.1, 0.15) is 0 Å². The molecule has 1 rings (SSSR count). The van der Waals surface area contributed by atoms with Gasteiger partial charge in [-0.15, -0.1) is 0 Å². The van der Waals surface area contributed by atoms with Crippen molar-refractivity contribution < 1.29 is 0 Å². The van der Waals surface area contributed by atoms with Crippen LogP contribution in [0.25, 0.3) is 0 Å². The van der Waals surface area contributed by atoms with E-state index in [1.165, 1.54) is 5.69 Å². The summed E-state index contributed by atoms with van der Waals surface area (Å²) in [6.45, 7) is 6.15. The van der Waals surface area contributed by atoms with Crippen LogP contribution in [0.1, 0.15) is 31.7 Å². The maximum atomic E-state index is 5.89. The zero-order valence-electron chi connectivity index (χ0n) is 8.96. The molecular formula is C10H19N3. The van der Waals surface area contributed by atoms with Gasteiger partial charge in [0.25, 0.3) is 0 Å². The molecule has 13 heavy (non-hydrogen) atoms. The van der Waals surface area contributed by atoms with Crippen molar-refractivity contribution in [3.8, 4) is 0 Å². The van der Waals surface area contributed by atoms with E-state index in [1.54, 1.807) is 0 Å². The van der Waals surface area contributed by atoms with Crippen molar-refractivity contribution in [3.63, 3.8) is 0 Å². The van der Waals surface area contributed by atoms with Crippen molar-refractivity contribution in [1.82, 2.24) is 9.78 Å². The van der Waals surface area contributed by atoms with Crippen LogP contribution in [0.3, 0.4) is 0 Å². The Labute approximate surface area is 79.9 Å². The molecule has 0 atom stereocenters. The predicted octanol–water partition coefficient (Wildman–Crippen LogP) is 1.40. The van der Waals surface area contributed by atoms with Crippen LogP contribution in [0.15, 0.2) is 6.07 Å². The average Bonchev–Trinajstić information content (AvgIpc) is 2.27. The summed E-state index contributed by atoms with van der Waals surface area (Å²) in [5.41, 5.74) is 8.14. The highest BCUT2D eigenvalue weighted by atomic mass is 15.3. The molecule has 0 amide bonds. The van der Waals surface area contributed by atoms with Crippen LogP contribution in [-0.2, 0) is 13.5 Å². The topological polar surface area (TPSA) is 43.8 Å². The third-order valence-electron chi connectivity index (χ3n) is 2.19. The Morgan fingerprint density at radius 3 is 2.54 bits per heavy atom. The second-order valence-electron chi connectivity index (χ2n) is 4.39. The van der Waals surface area contributed by atoms with Gasteiger partial charge in [0.15, 0.2) is 0 Å². The summed E-state index contributed by atoms with van der Waals surface area (Å²) in [4.78, 5) is 0. The van der Waals surface area contributed by atoms with Gasteiger partial charge in [0, 0.05) is 18.3 Å². The SMILES string of the molecule is Cc1cc(CCC(C)(C)N)nn1C. The van der Waals surface area contributed by atoms with Crippen LogP contribution in [0.5, 0.6) is 0 Å². The van der Waals surface area contributed by atoms with E-state index >= 15 is 0 Å². The number of hydrogen-bond donors (Lipinski definition) is 1. The third kappa shape index (κ3) is 3.19. The van der Waals surface area contributed by atoms with Gasteiger partial charge >= 0.3 is 0 Å². The van der Waals surface area contributed by atoms with Gasteiger partial charge in [-0.1, -0.05) is 0 Å². The van der Waals surface area contributed by atoms with E-state index in [1.807, 2.05) is 25.6 Å². The van der Waals surface area contributed by atoms with Crippen molar-refractivity contribution in [3.05, 3.63) is 17.5 Å². The summed E-state index contributed by atoms with van der Waals surface area (Å²) in [6, 6.07) is 2.12. The highest BCUT2D eigenvalue weighted by Gasteiger charge is 2.11. The molecule has 1 heterocycles. The molecule has 0 aliphatic carbocycles. The van der Waals surface area contributed by atoms with Crippen LogP contribution < -0.4 is 5.73 Å². The van der Waals surface area contributed by atoms with Crippen molar-refractivity contribution >= 4 is 0 Å². The lowest BCUT2D eigenvalue weighted by Crippen LogP contribution is -2.32. The quantitative estimate of drug-likeness (QED) is 0.766. The molecule has 3 nitrogen and oxygen atoms in total. The predicted molar refractivity (Wildman–Crippen MR) is 54.5 cm³/mol. The van der Waals surface area contributed by atoms with E-state index in [4.69, 9.17) is 5.73 Å². The number of hydrogen-bond acceptors (Lipinski definition) is 2. The van der Waals surface area contributed by atoms with Crippen LogP contribution in [0, 0.1) is 6.92 Å². The van der Waals surface area contributed by atoms with Crippen LogP contribution in [-0.4, -0.2) is 15.3 Å². The number of aryl methyl sites for hydroxylation is 3. The van der Waals surface area contributed by atoms with E-state index < -0.39 is 0 Å². The van der Waals surface area contributed by atoms with Gasteiger partial charge < -0.3 is 5.73 Å². The third-order valence-corrected chi connectivity index (χ3v) is 2.19. The molecular weight excluding hydrogens is 162 g/mol. The Balaban J connectivity index is 2.56. The van der Waals surface area contributed by atoms with Crippen molar-refractivity contribution in [2.24, 2.45) is 12.8 Å². The lowest BCUT2D eigenvalue weighted by atomic mass is 9.99. The van der Waals surface area contributed by atoms with Gasteiger partial charge in [0.05, 0.1) is 5.69 Å². The Morgan fingerprint density at radius 1 is 1.54 bits per heavy atom. The zero-order chi connectivity index (χ0) is 10.1. The molecule has 0 saturated carbocycles. The summed E-state index contributed by atoms with van der Waals surface area (Å²) in [7, 11) is 1.96. The molecule has 0 radical (unpaired) electrons. The summed E-state index contributed by atoms with van der Waals surface area (Å²) in [5, 5.41) is 4.37. The summed E-state index contributed by atoms with van der Waals surface area (Å²) >= 11 is 0. The highest BCUT2D eigenvalue weighted by Crippen LogP contribution is 2.10. The molecule has 74 valence electrons. The lowest BCUT2D eigenvalue weighted by Gasteiger charge is -2.16. The number of aromatic nitrogens is 2. The summed E-state index contributed by atoms with van der Waals surface area (Å²) in [6.07, 6.45) is 1.94. The monoisotopic (exact) mass is 181 g/mol. The van der Waals surface area contributed by atoms with E-state index in [0.29, 0.717) is 0 Å². The molecule has 1 aromatic heterocycles. The first kappa shape index (κ1) is 10.3. The molecule has 2 N–H and O–H groups in total. The molecule has 0 unspecified atom stereocenters. The molecule has 0 aromatic carbocycles.